The standard InChI is InChI=1S/C11H20N2S/c1-7-4-10(5-7)13-11-12-8(2)6-9(3)14-11/h7-10H,4-6H2,1-3H3,(H,12,13). The summed E-state index contributed by atoms with van der Waals surface area (Å²) < 4.78 is 0. The molecule has 0 amide bonds. The van der Waals surface area contributed by atoms with Crippen LogP contribution in [-0.2, 0) is 0 Å². The van der Waals surface area contributed by atoms with Crippen molar-refractivity contribution in [3.8, 4) is 0 Å². The molecule has 1 saturated carbocycles. The lowest BCUT2D eigenvalue weighted by molar-refractivity contribution is 0.291. The van der Waals surface area contributed by atoms with Crippen molar-refractivity contribution in [2.45, 2.75) is 57.4 Å². The minimum Gasteiger partial charge on any atom is -0.362 e. The second-order valence-corrected chi connectivity index (χ2v) is 6.30. The van der Waals surface area contributed by atoms with Crippen LogP contribution in [-0.4, -0.2) is 22.5 Å². The fourth-order valence-corrected chi connectivity index (χ4v) is 3.48. The second-order valence-electron chi connectivity index (χ2n) is 4.87. The Bertz CT molecular complexity index is 221. The van der Waals surface area contributed by atoms with Crippen molar-refractivity contribution in [2.24, 2.45) is 10.9 Å². The van der Waals surface area contributed by atoms with Crippen molar-refractivity contribution in [1.82, 2.24) is 5.32 Å². The maximum atomic E-state index is 4.76. The topological polar surface area (TPSA) is 24.4 Å². The first kappa shape index (κ1) is 10.3. The average molecular weight is 212 g/mol. The first-order valence-corrected chi connectivity index (χ1v) is 6.52. The van der Waals surface area contributed by atoms with Gasteiger partial charge in [0.25, 0.3) is 0 Å². The largest absolute Gasteiger partial charge is 0.362 e. The molecule has 1 aliphatic carbocycles. The summed E-state index contributed by atoms with van der Waals surface area (Å²) >= 11 is 1.91. The molecule has 0 bridgehead atoms. The van der Waals surface area contributed by atoms with Gasteiger partial charge in [-0.15, -0.1) is 0 Å². The van der Waals surface area contributed by atoms with Crippen molar-refractivity contribution in [3.63, 3.8) is 0 Å². The monoisotopic (exact) mass is 212 g/mol. The lowest BCUT2D eigenvalue weighted by Gasteiger charge is -2.32. The van der Waals surface area contributed by atoms with E-state index < -0.39 is 0 Å². The summed E-state index contributed by atoms with van der Waals surface area (Å²) in [6.45, 7) is 6.85. The van der Waals surface area contributed by atoms with Gasteiger partial charge < -0.3 is 5.32 Å². The molecule has 2 nitrogen and oxygen atoms in total. The molecule has 14 heavy (non-hydrogen) atoms. The Balaban J connectivity index is 1.90. The zero-order valence-corrected chi connectivity index (χ0v) is 10.1. The molecular formula is C11H20N2S. The molecule has 0 spiro atoms. The van der Waals surface area contributed by atoms with Gasteiger partial charge >= 0.3 is 0 Å². The van der Waals surface area contributed by atoms with Gasteiger partial charge in [0, 0.05) is 11.3 Å². The van der Waals surface area contributed by atoms with Gasteiger partial charge in [0.15, 0.2) is 5.17 Å². The number of amidine groups is 1. The normalized spacial score (nSPS) is 45.8. The predicted octanol–water partition coefficient (Wildman–Crippen LogP) is 2.64. The Morgan fingerprint density at radius 3 is 2.50 bits per heavy atom. The first-order chi connectivity index (χ1) is 6.63. The van der Waals surface area contributed by atoms with E-state index in [0.717, 1.165) is 11.2 Å². The molecule has 1 saturated heterocycles. The van der Waals surface area contributed by atoms with Crippen LogP contribution in [0.3, 0.4) is 0 Å². The van der Waals surface area contributed by atoms with Gasteiger partial charge in [-0.25, -0.2) is 0 Å². The Morgan fingerprint density at radius 2 is 1.93 bits per heavy atom. The van der Waals surface area contributed by atoms with E-state index in [0.29, 0.717) is 12.1 Å². The molecule has 2 rings (SSSR count). The van der Waals surface area contributed by atoms with Crippen LogP contribution in [0.5, 0.6) is 0 Å². The fraction of sp³-hybridized carbons (Fsp3) is 0.909. The van der Waals surface area contributed by atoms with Crippen LogP contribution in [0.4, 0.5) is 0 Å². The van der Waals surface area contributed by atoms with Gasteiger partial charge in [0.05, 0.1) is 6.04 Å². The van der Waals surface area contributed by atoms with Gasteiger partial charge in [-0.1, -0.05) is 25.6 Å². The first-order valence-electron chi connectivity index (χ1n) is 5.64. The van der Waals surface area contributed by atoms with Gasteiger partial charge in [-0.2, -0.15) is 0 Å². The summed E-state index contributed by atoms with van der Waals surface area (Å²) in [6.07, 6.45) is 3.83. The molecule has 0 aromatic carbocycles. The van der Waals surface area contributed by atoms with E-state index in [1.807, 2.05) is 11.8 Å². The van der Waals surface area contributed by atoms with Gasteiger partial charge in [-0.3, -0.25) is 4.99 Å². The zero-order chi connectivity index (χ0) is 10.1. The van der Waals surface area contributed by atoms with Crippen molar-refractivity contribution in [3.05, 3.63) is 0 Å². The molecule has 0 aromatic rings. The summed E-state index contributed by atoms with van der Waals surface area (Å²) in [6, 6.07) is 1.21. The predicted molar refractivity (Wildman–Crippen MR) is 63.9 cm³/mol. The molecule has 0 aromatic heterocycles. The third-order valence-electron chi connectivity index (χ3n) is 3.02. The summed E-state index contributed by atoms with van der Waals surface area (Å²) in [7, 11) is 0. The van der Waals surface area contributed by atoms with Crippen LogP contribution >= 0.6 is 11.8 Å². The van der Waals surface area contributed by atoms with E-state index in [4.69, 9.17) is 4.99 Å². The van der Waals surface area contributed by atoms with Crippen molar-refractivity contribution in [2.75, 3.05) is 0 Å². The molecule has 2 fully saturated rings. The Kier molecular flexibility index (Phi) is 3.05. The van der Waals surface area contributed by atoms with E-state index in [1.54, 1.807) is 0 Å². The summed E-state index contributed by atoms with van der Waals surface area (Å²) in [5.74, 6) is 0.896. The highest BCUT2D eigenvalue weighted by Gasteiger charge is 2.27. The maximum absolute atomic E-state index is 4.76. The minimum absolute atomic E-state index is 0.600. The van der Waals surface area contributed by atoms with Crippen LogP contribution in [0.1, 0.15) is 40.0 Å². The van der Waals surface area contributed by atoms with E-state index in [-0.39, 0.29) is 0 Å². The Labute approximate surface area is 90.9 Å². The molecule has 80 valence electrons. The number of hydrogen-bond acceptors (Lipinski definition) is 2. The van der Waals surface area contributed by atoms with Crippen LogP contribution in [0.15, 0.2) is 4.99 Å². The van der Waals surface area contributed by atoms with Crippen LogP contribution in [0.25, 0.3) is 0 Å². The van der Waals surface area contributed by atoms with Crippen LogP contribution in [0.2, 0.25) is 0 Å². The number of hydrogen-bond donors (Lipinski definition) is 1. The number of nitrogens with one attached hydrogen (secondary N) is 1. The van der Waals surface area contributed by atoms with E-state index in [9.17, 15) is 0 Å². The summed E-state index contributed by atoms with van der Waals surface area (Å²) in [5, 5.41) is 5.39. The second kappa shape index (κ2) is 4.13. The quantitative estimate of drug-likeness (QED) is 0.722. The SMILES string of the molecule is CC1CC(N=C2NC(C)CC(C)S2)C1. The molecular weight excluding hydrogens is 192 g/mol. The minimum atomic E-state index is 0.600. The van der Waals surface area contributed by atoms with E-state index in [2.05, 4.69) is 26.1 Å². The van der Waals surface area contributed by atoms with Crippen molar-refractivity contribution in [1.29, 1.82) is 0 Å². The van der Waals surface area contributed by atoms with Crippen molar-refractivity contribution < 1.29 is 0 Å². The highest BCUT2D eigenvalue weighted by Crippen LogP contribution is 2.31. The third-order valence-corrected chi connectivity index (χ3v) is 4.06. The zero-order valence-electron chi connectivity index (χ0n) is 9.29. The lowest BCUT2D eigenvalue weighted by atomic mass is 9.82. The average Bonchev–Trinajstić information content (AvgIpc) is 1.99. The maximum Gasteiger partial charge on any atom is 0.157 e. The van der Waals surface area contributed by atoms with Crippen molar-refractivity contribution >= 4 is 16.9 Å². The number of aliphatic imine (C=N–C) groups is 1. The smallest absolute Gasteiger partial charge is 0.157 e. The molecule has 3 heteroatoms. The highest BCUT2D eigenvalue weighted by molar-refractivity contribution is 8.14. The summed E-state index contributed by atoms with van der Waals surface area (Å²) in [4.78, 5) is 4.76. The van der Waals surface area contributed by atoms with Gasteiger partial charge in [-0.05, 0) is 32.1 Å². The van der Waals surface area contributed by atoms with E-state index in [1.165, 1.54) is 24.4 Å². The Morgan fingerprint density at radius 1 is 1.21 bits per heavy atom. The number of nitrogens with zero attached hydrogens (tertiary/aromatic N) is 1. The lowest BCUT2D eigenvalue weighted by Crippen LogP contribution is -2.40. The molecule has 1 aliphatic heterocycles. The highest BCUT2D eigenvalue weighted by atomic mass is 32.2. The molecule has 1 heterocycles. The Hall–Kier alpha value is -0.180. The van der Waals surface area contributed by atoms with Gasteiger partial charge in [0.1, 0.15) is 0 Å². The fourth-order valence-electron chi connectivity index (χ4n) is 2.24. The van der Waals surface area contributed by atoms with Crippen LogP contribution in [0, 0.1) is 5.92 Å². The molecule has 2 aliphatic rings. The molecule has 0 radical (unpaired) electrons. The number of thioether (sulfide) groups is 1. The summed E-state index contributed by atoms with van der Waals surface area (Å²) in [5.41, 5.74) is 0. The van der Waals surface area contributed by atoms with Crippen LogP contribution < -0.4 is 5.32 Å². The third kappa shape index (κ3) is 2.44. The van der Waals surface area contributed by atoms with Gasteiger partial charge in [0.2, 0.25) is 0 Å². The molecule has 2 unspecified atom stereocenters. The van der Waals surface area contributed by atoms with E-state index >= 15 is 0 Å². The number of rotatable bonds is 1. The molecule has 2 atom stereocenters. The molecule has 1 N–H and O–H groups in total.